The molecule has 0 aliphatic carbocycles. The van der Waals surface area contributed by atoms with Crippen LogP contribution in [-0.4, -0.2) is 9.97 Å². The number of aromatic amines is 1. The van der Waals surface area contributed by atoms with E-state index in [0.717, 1.165) is 10.8 Å². The monoisotopic (exact) mass is 268 g/mol. The molecular weight excluding hydrogens is 256 g/mol. The zero-order valence-electron chi connectivity index (χ0n) is 10.5. The Kier molecular flexibility index (Phi) is 2.76. The molecule has 0 aliphatic heterocycles. The zero-order chi connectivity index (χ0) is 14.1. The first-order valence-electron chi connectivity index (χ1n) is 5.95. The number of hydrogen-bond acceptors (Lipinski definition) is 5. The highest BCUT2D eigenvalue weighted by atomic mass is 16.5. The second kappa shape index (κ2) is 4.58. The predicted octanol–water partition coefficient (Wildman–Crippen LogP) is 1.88. The molecule has 0 fully saturated rings. The van der Waals surface area contributed by atoms with E-state index < -0.39 is 5.56 Å². The molecule has 100 valence electrons. The van der Waals surface area contributed by atoms with Crippen LogP contribution >= 0.6 is 0 Å². The summed E-state index contributed by atoms with van der Waals surface area (Å²) in [5.74, 6) is 0.614. The molecule has 0 saturated heterocycles. The average Bonchev–Trinajstić information content (AvgIpc) is 2.47. The molecule has 0 amide bonds. The number of ether oxygens (including phenoxy) is 1. The second-order valence-electron chi connectivity index (χ2n) is 4.25. The standard InChI is InChI=1S/C14H12N4O2/c15-10-5-6-11(9-4-2-1-3-8(9)10)20-14-12(16)13(19)17-7-18-14/h1-7H,15-16H2,(H,17,18,19). The van der Waals surface area contributed by atoms with Crippen molar-refractivity contribution in [2.75, 3.05) is 11.5 Å². The molecule has 0 bridgehead atoms. The van der Waals surface area contributed by atoms with E-state index in [-0.39, 0.29) is 11.6 Å². The minimum Gasteiger partial charge on any atom is -0.436 e. The number of benzene rings is 2. The number of nitrogen functional groups attached to an aromatic ring is 2. The molecule has 0 aliphatic rings. The number of aromatic nitrogens is 2. The molecule has 6 nitrogen and oxygen atoms in total. The highest BCUT2D eigenvalue weighted by Crippen LogP contribution is 2.33. The van der Waals surface area contributed by atoms with Crippen LogP contribution in [-0.2, 0) is 0 Å². The summed E-state index contributed by atoms with van der Waals surface area (Å²) in [4.78, 5) is 17.7. The number of nitrogens with one attached hydrogen (secondary N) is 1. The Morgan fingerprint density at radius 3 is 2.60 bits per heavy atom. The number of fused-ring (bicyclic) bond motifs is 1. The van der Waals surface area contributed by atoms with Crippen LogP contribution in [0.25, 0.3) is 10.8 Å². The van der Waals surface area contributed by atoms with Crippen molar-refractivity contribution in [1.29, 1.82) is 0 Å². The molecule has 0 radical (unpaired) electrons. The summed E-state index contributed by atoms with van der Waals surface area (Å²) in [6.07, 6.45) is 1.24. The van der Waals surface area contributed by atoms with Crippen LogP contribution in [0.2, 0.25) is 0 Å². The fourth-order valence-electron chi connectivity index (χ4n) is 1.96. The van der Waals surface area contributed by atoms with E-state index in [9.17, 15) is 4.79 Å². The van der Waals surface area contributed by atoms with Gasteiger partial charge in [0.25, 0.3) is 5.56 Å². The normalized spacial score (nSPS) is 10.6. The molecule has 6 heteroatoms. The lowest BCUT2D eigenvalue weighted by Gasteiger charge is -2.10. The Hall–Kier alpha value is -3.02. The number of anilines is 2. The van der Waals surface area contributed by atoms with E-state index in [0.29, 0.717) is 11.4 Å². The van der Waals surface area contributed by atoms with Gasteiger partial charge in [-0.2, -0.15) is 0 Å². The van der Waals surface area contributed by atoms with Gasteiger partial charge in [-0.1, -0.05) is 24.3 Å². The topological polar surface area (TPSA) is 107 Å². The van der Waals surface area contributed by atoms with Gasteiger partial charge < -0.3 is 21.2 Å². The summed E-state index contributed by atoms with van der Waals surface area (Å²) >= 11 is 0. The number of nitrogens with zero attached hydrogens (tertiary/aromatic N) is 1. The molecule has 0 saturated carbocycles. The van der Waals surface area contributed by atoms with E-state index in [1.165, 1.54) is 6.33 Å². The van der Waals surface area contributed by atoms with Crippen molar-refractivity contribution in [3.8, 4) is 11.6 Å². The first-order chi connectivity index (χ1) is 9.66. The van der Waals surface area contributed by atoms with Crippen molar-refractivity contribution >= 4 is 22.1 Å². The number of hydrogen-bond donors (Lipinski definition) is 3. The van der Waals surface area contributed by atoms with Crippen LogP contribution in [0.1, 0.15) is 0 Å². The zero-order valence-corrected chi connectivity index (χ0v) is 10.5. The smallest absolute Gasteiger partial charge is 0.277 e. The van der Waals surface area contributed by atoms with Crippen molar-refractivity contribution in [3.63, 3.8) is 0 Å². The number of rotatable bonds is 2. The molecule has 0 atom stereocenters. The van der Waals surface area contributed by atoms with Crippen molar-refractivity contribution in [1.82, 2.24) is 9.97 Å². The van der Waals surface area contributed by atoms with Gasteiger partial charge in [0.2, 0.25) is 5.88 Å². The number of H-pyrrole nitrogens is 1. The van der Waals surface area contributed by atoms with Gasteiger partial charge in [-0.05, 0) is 12.1 Å². The molecule has 20 heavy (non-hydrogen) atoms. The fourth-order valence-corrected chi connectivity index (χ4v) is 1.96. The van der Waals surface area contributed by atoms with E-state index in [1.807, 2.05) is 24.3 Å². The average molecular weight is 268 g/mol. The van der Waals surface area contributed by atoms with Gasteiger partial charge in [-0.25, -0.2) is 4.98 Å². The van der Waals surface area contributed by atoms with Gasteiger partial charge in [0.1, 0.15) is 5.75 Å². The van der Waals surface area contributed by atoms with E-state index >= 15 is 0 Å². The Morgan fingerprint density at radius 2 is 1.80 bits per heavy atom. The maximum atomic E-state index is 11.4. The molecule has 3 aromatic rings. The maximum absolute atomic E-state index is 11.4. The van der Waals surface area contributed by atoms with Crippen LogP contribution in [0.3, 0.4) is 0 Å². The summed E-state index contributed by atoms with van der Waals surface area (Å²) < 4.78 is 5.65. The van der Waals surface area contributed by atoms with E-state index in [2.05, 4.69) is 9.97 Å². The van der Waals surface area contributed by atoms with Gasteiger partial charge in [-0.15, -0.1) is 0 Å². The highest BCUT2D eigenvalue weighted by molar-refractivity contribution is 5.97. The molecule has 3 rings (SSSR count). The van der Waals surface area contributed by atoms with E-state index in [1.54, 1.807) is 12.1 Å². The summed E-state index contributed by atoms with van der Waals surface area (Å²) in [5.41, 5.74) is 11.7. The van der Waals surface area contributed by atoms with Gasteiger partial charge in [-0.3, -0.25) is 4.79 Å². The molecule has 1 aromatic heterocycles. The number of nitrogens with two attached hydrogens (primary N) is 2. The van der Waals surface area contributed by atoms with Crippen LogP contribution in [0.5, 0.6) is 11.6 Å². The third-order valence-corrected chi connectivity index (χ3v) is 2.98. The SMILES string of the molecule is Nc1c(Oc2ccc(N)c3ccccc23)nc[nH]c1=O. The van der Waals surface area contributed by atoms with Gasteiger partial charge in [0, 0.05) is 16.5 Å². The van der Waals surface area contributed by atoms with Crippen LogP contribution < -0.4 is 21.8 Å². The maximum Gasteiger partial charge on any atom is 0.277 e. The lowest BCUT2D eigenvalue weighted by Crippen LogP contribution is -2.13. The van der Waals surface area contributed by atoms with Crippen molar-refractivity contribution in [2.45, 2.75) is 0 Å². The highest BCUT2D eigenvalue weighted by Gasteiger charge is 2.10. The quantitative estimate of drug-likeness (QED) is 0.615. The molecule has 0 spiro atoms. The molecule has 2 aromatic carbocycles. The van der Waals surface area contributed by atoms with Crippen LogP contribution in [0.15, 0.2) is 47.5 Å². The minimum absolute atomic E-state index is 0.0617. The van der Waals surface area contributed by atoms with Crippen molar-refractivity contribution in [3.05, 3.63) is 53.1 Å². The Balaban J connectivity index is 2.14. The Morgan fingerprint density at radius 1 is 1.05 bits per heavy atom. The van der Waals surface area contributed by atoms with Gasteiger partial charge in [0.15, 0.2) is 5.69 Å². The third kappa shape index (κ3) is 1.93. The summed E-state index contributed by atoms with van der Waals surface area (Å²) in [6.45, 7) is 0. The molecule has 5 N–H and O–H groups in total. The summed E-state index contributed by atoms with van der Waals surface area (Å²) in [7, 11) is 0. The summed E-state index contributed by atoms with van der Waals surface area (Å²) in [6, 6.07) is 11.0. The molecule has 0 unspecified atom stereocenters. The first-order valence-corrected chi connectivity index (χ1v) is 5.95. The first kappa shape index (κ1) is 12.0. The molecule has 1 heterocycles. The van der Waals surface area contributed by atoms with Crippen LogP contribution in [0, 0.1) is 0 Å². The second-order valence-corrected chi connectivity index (χ2v) is 4.25. The third-order valence-electron chi connectivity index (χ3n) is 2.98. The predicted molar refractivity (Wildman–Crippen MR) is 77.7 cm³/mol. The Labute approximate surface area is 114 Å². The summed E-state index contributed by atoms with van der Waals surface area (Å²) in [5, 5.41) is 1.70. The van der Waals surface area contributed by atoms with Crippen molar-refractivity contribution in [2.24, 2.45) is 0 Å². The van der Waals surface area contributed by atoms with Crippen LogP contribution in [0.4, 0.5) is 11.4 Å². The Bertz CT molecular complexity index is 842. The fraction of sp³-hybridized carbons (Fsp3) is 0. The van der Waals surface area contributed by atoms with Crippen molar-refractivity contribution < 1.29 is 4.74 Å². The van der Waals surface area contributed by atoms with Gasteiger partial charge in [0.05, 0.1) is 6.33 Å². The van der Waals surface area contributed by atoms with Gasteiger partial charge >= 0.3 is 0 Å². The van der Waals surface area contributed by atoms with E-state index in [4.69, 9.17) is 16.2 Å². The lowest BCUT2D eigenvalue weighted by atomic mass is 10.1. The molecular formula is C14H12N4O2. The minimum atomic E-state index is -0.435. The lowest BCUT2D eigenvalue weighted by molar-refractivity contribution is 0.469. The largest absolute Gasteiger partial charge is 0.436 e.